The molecule has 0 heterocycles. The molecule has 3 rings (SSSR count). The highest BCUT2D eigenvalue weighted by Crippen LogP contribution is 2.28. The van der Waals surface area contributed by atoms with Crippen molar-refractivity contribution in [2.75, 3.05) is 17.2 Å². The highest BCUT2D eigenvalue weighted by atomic mass is 16.6. The fourth-order valence-electron chi connectivity index (χ4n) is 3.24. The molecule has 3 aromatic carbocycles. The van der Waals surface area contributed by atoms with Gasteiger partial charge in [-0.05, 0) is 66.4 Å². The SMILES string of the molecule is CCOc1ccc(C(=O)Nc2ccc(NC(=O)c3ccc(C(C)(C)C)cc3)cc2)cc1[N+](=O)[O-]. The summed E-state index contributed by atoms with van der Waals surface area (Å²) in [6.45, 7) is 8.33. The van der Waals surface area contributed by atoms with E-state index in [1.54, 1.807) is 43.3 Å². The highest BCUT2D eigenvalue weighted by Gasteiger charge is 2.19. The van der Waals surface area contributed by atoms with E-state index in [-0.39, 0.29) is 34.9 Å². The molecule has 0 spiro atoms. The Balaban J connectivity index is 1.65. The number of rotatable bonds is 7. The van der Waals surface area contributed by atoms with E-state index in [9.17, 15) is 19.7 Å². The standard InChI is InChI=1S/C26H27N3O5/c1-5-34-23-15-8-18(16-22(23)29(32)33)25(31)28-21-13-11-20(12-14-21)27-24(30)17-6-9-19(10-7-17)26(2,3)4/h6-16H,5H2,1-4H3,(H,27,30)(H,28,31). The van der Waals surface area contributed by atoms with Crippen LogP contribution in [0, 0.1) is 10.1 Å². The van der Waals surface area contributed by atoms with Gasteiger partial charge in [0.1, 0.15) is 0 Å². The smallest absolute Gasteiger partial charge is 0.311 e. The van der Waals surface area contributed by atoms with E-state index in [4.69, 9.17) is 4.74 Å². The van der Waals surface area contributed by atoms with Crippen molar-refractivity contribution in [2.45, 2.75) is 33.1 Å². The molecule has 2 amide bonds. The Bertz CT molecular complexity index is 1200. The predicted octanol–water partition coefficient (Wildman–Crippen LogP) is 5.80. The molecule has 0 aliphatic heterocycles. The Kier molecular flexibility index (Phi) is 7.31. The minimum absolute atomic E-state index is 0.00547. The lowest BCUT2D eigenvalue weighted by Crippen LogP contribution is -2.14. The fourth-order valence-corrected chi connectivity index (χ4v) is 3.24. The van der Waals surface area contributed by atoms with E-state index < -0.39 is 10.8 Å². The fraction of sp³-hybridized carbons (Fsp3) is 0.231. The number of ether oxygens (including phenoxy) is 1. The second-order valence-corrected chi connectivity index (χ2v) is 8.69. The zero-order valence-corrected chi connectivity index (χ0v) is 19.5. The molecular weight excluding hydrogens is 434 g/mol. The molecule has 0 fully saturated rings. The molecule has 176 valence electrons. The lowest BCUT2D eigenvalue weighted by Gasteiger charge is -2.19. The van der Waals surface area contributed by atoms with Gasteiger partial charge in [-0.2, -0.15) is 0 Å². The Morgan fingerprint density at radius 3 is 1.82 bits per heavy atom. The van der Waals surface area contributed by atoms with Crippen molar-refractivity contribution in [1.29, 1.82) is 0 Å². The van der Waals surface area contributed by atoms with Crippen molar-refractivity contribution >= 4 is 28.9 Å². The predicted molar refractivity (Wildman–Crippen MR) is 132 cm³/mol. The molecule has 0 saturated heterocycles. The first-order valence-electron chi connectivity index (χ1n) is 10.8. The van der Waals surface area contributed by atoms with Gasteiger partial charge in [0, 0.05) is 28.6 Å². The van der Waals surface area contributed by atoms with Gasteiger partial charge in [-0.3, -0.25) is 19.7 Å². The summed E-state index contributed by atoms with van der Waals surface area (Å²) in [4.78, 5) is 35.8. The number of nitrogens with zero attached hydrogens (tertiary/aromatic N) is 1. The molecule has 2 N–H and O–H groups in total. The molecule has 34 heavy (non-hydrogen) atoms. The second-order valence-electron chi connectivity index (χ2n) is 8.69. The van der Waals surface area contributed by atoms with E-state index in [0.29, 0.717) is 16.9 Å². The van der Waals surface area contributed by atoms with Crippen molar-refractivity contribution in [3.05, 3.63) is 93.5 Å². The molecule has 0 aromatic heterocycles. The monoisotopic (exact) mass is 461 g/mol. The number of hydrogen-bond acceptors (Lipinski definition) is 5. The second kappa shape index (κ2) is 10.2. The Labute approximate surface area is 198 Å². The van der Waals surface area contributed by atoms with E-state index in [1.807, 2.05) is 12.1 Å². The number of carbonyl (C=O) groups is 2. The summed E-state index contributed by atoms with van der Waals surface area (Å²) in [5.41, 5.74) is 2.60. The molecule has 0 saturated carbocycles. The minimum Gasteiger partial charge on any atom is -0.487 e. The van der Waals surface area contributed by atoms with Gasteiger partial charge >= 0.3 is 5.69 Å². The molecular formula is C26H27N3O5. The van der Waals surface area contributed by atoms with Crippen LogP contribution < -0.4 is 15.4 Å². The molecule has 0 aliphatic carbocycles. The van der Waals surface area contributed by atoms with E-state index in [1.165, 1.54) is 18.2 Å². The van der Waals surface area contributed by atoms with Crippen LogP contribution in [-0.4, -0.2) is 23.3 Å². The lowest BCUT2D eigenvalue weighted by molar-refractivity contribution is -0.385. The van der Waals surface area contributed by atoms with Crippen LogP contribution in [0.3, 0.4) is 0 Å². The van der Waals surface area contributed by atoms with Crippen molar-refractivity contribution in [3.8, 4) is 5.75 Å². The Hall–Kier alpha value is -4.20. The van der Waals surface area contributed by atoms with E-state index in [0.717, 1.165) is 5.56 Å². The minimum atomic E-state index is -0.587. The third-order valence-electron chi connectivity index (χ3n) is 5.13. The van der Waals surface area contributed by atoms with Crippen molar-refractivity contribution in [2.24, 2.45) is 0 Å². The van der Waals surface area contributed by atoms with Gasteiger partial charge in [-0.15, -0.1) is 0 Å². The van der Waals surface area contributed by atoms with Crippen molar-refractivity contribution < 1.29 is 19.2 Å². The summed E-state index contributed by atoms with van der Waals surface area (Å²) in [5.74, 6) is -0.627. The average Bonchev–Trinajstić information content (AvgIpc) is 2.80. The number of nitrogens with one attached hydrogen (secondary N) is 2. The number of carbonyl (C=O) groups excluding carboxylic acids is 2. The molecule has 0 unspecified atom stereocenters. The maximum absolute atomic E-state index is 12.6. The van der Waals surface area contributed by atoms with Gasteiger partial charge in [0.05, 0.1) is 11.5 Å². The third kappa shape index (κ3) is 5.98. The summed E-state index contributed by atoms with van der Waals surface area (Å²) in [6.07, 6.45) is 0. The lowest BCUT2D eigenvalue weighted by atomic mass is 9.87. The normalized spacial score (nSPS) is 10.9. The van der Waals surface area contributed by atoms with Crippen molar-refractivity contribution in [3.63, 3.8) is 0 Å². The van der Waals surface area contributed by atoms with E-state index in [2.05, 4.69) is 31.4 Å². The number of anilines is 2. The third-order valence-corrected chi connectivity index (χ3v) is 5.13. The summed E-state index contributed by atoms with van der Waals surface area (Å²) < 4.78 is 5.24. The van der Waals surface area contributed by atoms with Crippen LogP contribution in [0.5, 0.6) is 5.75 Å². The summed E-state index contributed by atoms with van der Waals surface area (Å²) in [5, 5.41) is 16.8. The zero-order valence-electron chi connectivity index (χ0n) is 19.5. The largest absolute Gasteiger partial charge is 0.487 e. The zero-order chi connectivity index (χ0) is 24.9. The van der Waals surface area contributed by atoms with Crippen LogP contribution in [0.4, 0.5) is 17.1 Å². The molecule has 8 heteroatoms. The van der Waals surface area contributed by atoms with Crippen LogP contribution >= 0.6 is 0 Å². The van der Waals surface area contributed by atoms with Crippen molar-refractivity contribution in [1.82, 2.24) is 0 Å². The molecule has 0 bridgehead atoms. The van der Waals surface area contributed by atoms with Crippen LogP contribution in [0.1, 0.15) is 54.0 Å². The average molecular weight is 462 g/mol. The number of hydrogen-bond donors (Lipinski definition) is 2. The number of benzene rings is 3. The van der Waals surface area contributed by atoms with Crippen LogP contribution in [0.15, 0.2) is 66.7 Å². The molecule has 0 aliphatic rings. The first-order chi connectivity index (χ1) is 16.1. The van der Waals surface area contributed by atoms with Crippen LogP contribution in [0.2, 0.25) is 0 Å². The van der Waals surface area contributed by atoms with Gasteiger partial charge in [0.25, 0.3) is 11.8 Å². The summed E-state index contributed by atoms with van der Waals surface area (Å²) in [7, 11) is 0. The number of nitro groups is 1. The maximum Gasteiger partial charge on any atom is 0.311 e. The Morgan fingerprint density at radius 2 is 1.35 bits per heavy atom. The van der Waals surface area contributed by atoms with Gasteiger partial charge in [-0.1, -0.05) is 32.9 Å². The number of amides is 2. The molecule has 0 radical (unpaired) electrons. The quantitative estimate of drug-likeness (QED) is 0.341. The number of nitro benzene ring substituents is 1. The summed E-state index contributed by atoms with van der Waals surface area (Å²) >= 11 is 0. The highest BCUT2D eigenvalue weighted by molar-refractivity contribution is 6.06. The summed E-state index contributed by atoms with van der Waals surface area (Å²) in [6, 6.07) is 18.1. The maximum atomic E-state index is 12.6. The van der Waals surface area contributed by atoms with Gasteiger partial charge in [0.2, 0.25) is 0 Å². The van der Waals surface area contributed by atoms with Gasteiger partial charge in [0.15, 0.2) is 5.75 Å². The first-order valence-corrected chi connectivity index (χ1v) is 10.8. The molecule has 3 aromatic rings. The van der Waals surface area contributed by atoms with Gasteiger partial charge in [-0.25, -0.2) is 0 Å². The van der Waals surface area contributed by atoms with E-state index >= 15 is 0 Å². The van der Waals surface area contributed by atoms with Crippen LogP contribution in [0.25, 0.3) is 0 Å². The first kappa shape index (κ1) is 24.4. The van der Waals surface area contributed by atoms with Gasteiger partial charge < -0.3 is 15.4 Å². The topological polar surface area (TPSA) is 111 Å². The molecule has 8 nitrogen and oxygen atoms in total. The molecule has 0 atom stereocenters. The Morgan fingerprint density at radius 1 is 0.853 bits per heavy atom. The van der Waals surface area contributed by atoms with Crippen LogP contribution in [-0.2, 0) is 5.41 Å².